The number of hydrogen-bond acceptors (Lipinski definition) is 2. The van der Waals surface area contributed by atoms with Gasteiger partial charge < -0.3 is 0 Å². The second-order valence-electron chi connectivity index (χ2n) is 9.51. The van der Waals surface area contributed by atoms with Crippen LogP contribution in [0.1, 0.15) is 26.3 Å². The number of benzene rings is 4. The smallest absolute Gasteiger partial charge is 0.0803 e. The molecule has 0 amide bonds. The fraction of sp³-hybridized carbons (Fsp3) is 0.179. The fourth-order valence-corrected chi connectivity index (χ4v) is 6.00. The van der Waals surface area contributed by atoms with Crippen molar-refractivity contribution >= 4 is 44.1 Å². The van der Waals surface area contributed by atoms with Crippen LogP contribution in [0, 0.1) is 5.41 Å². The highest BCUT2D eigenvalue weighted by Gasteiger charge is 2.23. The van der Waals surface area contributed by atoms with Gasteiger partial charge in [0, 0.05) is 26.9 Å². The molecule has 5 aromatic rings. The quantitative estimate of drug-likeness (QED) is 0.255. The van der Waals surface area contributed by atoms with Crippen LogP contribution in [0.4, 0.5) is 0 Å². The van der Waals surface area contributed by atoms with Crippen LogP contribution in [0.15, 0.2) is 82.7 Å². The molecule has 0 saturated heterocycles. The molecular formula is C28H23NS. The van der Waals surface area contributed by atoms with Gasteiger partial charge >= 0.3 is 0 Å². The van der Waals surface area contributed by atoms with E-state index < -0.39 is 0 Å². The number of aromatic nitrogens is 1. The van der Waals surface area contributed by atoms with Crippen molar-refractivity contribution in [2.75, 3.05) is 0 Å². The summed E-state index contributed by atoms with van der Waals surface area (Å²) in [5, 5.41) is 7.91. The van der Waals surface area contributed by atoms with Gasteiger partial charge in [-0.15, -0.1) is 0 Å². The van der Waals surface area contributed by atoms with Crippen LogP contribution in [0.5, 0.6) is 0 Å². The van der Waals surface area contributed by atoms with Crippen LogP contribution in [0.25, 0.3) is 43.6 Å². The molecule has 0 saturated carbocycles. The molecule has 0 spiro atoms. The Bertz CT molecular complexity index is 1470. The molecule has 1 nitrogen and oxygen atoms in total. The van der Waals surface area contributed by atoms with E-state index in [1.54, 1.807) is 0 Å². The second kappa shape index (κ2) is 6.33. The van der Waals surface area contributed by atoms with E-state index in [4.69, 9.17) is 4.98 Å². The first-order valence-electron chi connectivity index (χ1n) is 10.5. The molecule has 0 radical (unpaired) electrons. The van der Waals surface area contributed by atoms with Crippen LogP contribution in [-0.2, 0) is 6.42 Å². The normalized spacial score (nSPS) is 13.2. The minimum atomic E-state index is 0.243. The number of nitrogens with zero attached hydrogens (tertiary/aromatic N) is 1. The Morgan fingerprint density at radius 2 is 1.50 bits per heavy atom. The Hall–Kier alpha value is -2.84. The van der Waals surface area contributed by atoms with Gasteiger partial charge in [-0.2, -0.15) is 0 Å². The Morgan fingerprint density at radius 1 is 0.767 bits per heavy atom. The van der Waals surface area contributed by atoms with Gasteiger partial charge in [0.25, 0.3) is 0 Å². The fourth-order valence-electron chi connectivity index (χ4n) is 4.81. The van der Waals surface area contributed by atoms with Crippen LogP contribution in [0.2, 0.25) is 0 Å². The molecule has 30 heavy (non-hydrogen) atoms. The second-order valence-corrected chi connectivity index (χ2v) is 10.6. The lowest BCUT2D eigenvalue weighted by Gasteiger charge is -2.24. The van der Waals surface area contributed by atoms with Gasteiger partial charge in [0.2, 0.25) is 0 Å². The first kappa shape index (κ1) is 18.0. The Kier molecular flexibility index (Phi) is 3.79. The summed E-state index contributed by atoms with van der Waals surface area (Å²) in [6.07, 6.45) is 3.05. The Morgan fingerprint density at radius 3 is 2.30 bits per heavy atom. The van der Waals surface area contributed by atoms with Gasteiger partial charge in [-0.3, -0.25) is 4.98 Å². The summed E-state index contributed by atoms with van der Waals surface area (Å²) in [5.74, 6) is 0. The molecule has 1 aliphatic rings. The molecule has 4 aromatic carbocycles. The molecule has 0 N–H and O–H groups in total. The maximum absolute atomic E-state index is 4.88. The molecule has 2 heteroatoms. The van der Waals surface area contributed by atoms with E-state index in [0.29, 0.717) is 0 Å². The summed E-state index contributed by atoms with van der Waals surface area (Å²) in [6, 6.07) is 24.6. The summed E-state index contributed by atoms with van der Waals surface area (Å²) in [7, 11) is 0. The topological polar surface area (TPSA) is 12.9 Å². The van der Waals surface area contributed by atoms with E-state index in [-0.39, 0.29) is 5.41 Å². The zero-order valence-corrected chi connectivity index (χ0v) is 18.3. The SMILES string of the molecule is CC(C)(C)Cc1cccc2cc3c4c(nccc4c12)-c1cc2ccccc2cc1S3. The average molecular weight is 406 g/mol. The van der Waals surface area contributed by atoms with Crippen LogP contribution >= 0.6 is 11.8 Å². The molecule has 0 bridgehead atoms. The number of fused-ring (bicyclic) bond motifs is 5. The molecule has 1 aromatic heterocycles. The van der Waals surface area contributed by atoms with E-state index in [0.717, 1.165) is 12.1 Å². The number of hydrogen-bond donors (Lipinski definition) is 0. The molecule has 1 aliphatic heterocycles. The van der Waals surface area contributed by atoms with Crippen LogP contribution < -0.4 is 0 Å². The summed E-state index contributed by atoms with van der Waals surface area (Å²) in [5.41, 5.74) is 4.05. The van der Waals surface area contributed by atoms with Gasteiger partial charge in [0.05, 0.1) is 5.69 Å². The van der Waals surface area contributed by atoms with Gasteiger partial charge in [0.15, 0.2) is 0 Å². The molecule has 146 valence electrons. The third kappa shape index (κ3) is 2.74. The third-order valence-electron chi connectivity index (χ3n) is 5.98. The minimum Gasteiger partial charge on any atom is -0.256 e. The van der Waals surface area contributed by atoms with Crippen molar-refractivity contribution in [2.45, 2.75) is 37.0 Å². The first-order chi connectivity index (χ1) is 14.5. The lowest BCUT2D eigenvalue weighted by atomic mass is 9.85. The molecule has 0 aliphatic carbocycles. The lowest BCUT2D eigenvalue weighted by Crippen LogP contribution is -2.09. The molecule has 6 rings (SSSR count). The van der Waals surface area contributed by atoms with Gasteiger partial charge in [-0.1, -0.05) is 75.0 Å². The highest BCUT2D eigenvalue weighted by atomic mass is 32.2. The zero-order valence-electron chi connectivity index (χ0n) is 17.5. The van der Waals surface area contributed by atoms with Crippen molar-refractivity contribution in [1.29, 1.82) is 0 Å². The predicted molar refractivity (Wildman–Crippen MR) is 129 cm³/mol. The maximum atomic E-state index is 4.88. The Balaban J connectivity index is 1.71. The molecule has 0 atom stereocenters. The maximum Gasteiger partial charge on any atom is 0.0803 e. The van der Waals surface area contributed by atoms with Crippen molar-refractivity contribution in [3.05, 3.63) is 78.5 Å². The van der Waals surface area contributed by atoms with Crippen LogP contribution in [0.3, 0.4) is 0 Å². The molecule has 2 heterocycles. The number of pyridine rings is 1. The van der Waals surface area contributed by atoms with E-state index in [1.165, 1.54) is 53.2 Å². The standard InChI is InChI=1S/C28H23NS/c1-28(2,3)16-20-10-6-9-19-15-24-26-21(25(19)20)11-12-29-27(26)22-13-17-7-4-5-8-18(17)14-23(22)30-24/h4-15H,16H2,1-3H3. The van der Waals surface area contributed by atoms with Crippen LogP contribution in [-0.4, -0.2) is 4.98 Å². The van der Waals surface area contributed by atoms with Crippen molar-refractivity contribution < 1.29 is 0 Å². The monoisotopic (exact) mass is 405 g/mol. The van der Waals surface area contributed by atoms with Crippen molar-refractivity contribution in [3.63, 3.8) is 0 Å². The van der Waals surface area contributed by atoms with E-state index in [2.05, 4.69) is 87.5 Å². The van der Waals surface area contributed by atoms with E-state index >= 15 is 0 Å². The molecule has 0 fully saturated rings. The minimum absolute atomic E-state index is 0.243. The van der Waals surface area contributed by atoms with Crippen molar-refractivity contribution in [3.8, 4) is 11.3 Å². The zero-order chi connectivity index (χ0) is 20.5. The Labute approximate surface area is 181 Å². The third-order valence-corrected chi connectivity index (χ3v) is 7.08. The summed E-state index contributed by atoms with van der Waals surface area (Å²) in [6.45, 7) is 6.95. The lowest BCUT2D eigenvalue weighted by molar-refractivity contribution is 0.413. The predicted octanol–water partition coefficient (Wildman–Crippen LogP) is 8.26. The highest BCUT2D eigenvalue weighted by Crippen LogP contribution is 2.50. The molecule has 0 unspecified atom stereocenters. The van der Waals surface area contributed by atoms with Gasteiger partial charge in [-0.25, -0.2) is 0 Å². The highest BCUT2D eigenvalue weighted by molar-refractivity contribution is 7.99. The van der Waals surface area contributed by atoms with E-state index in [1.807, 2.05) is 18.0 Å². The first-order valence-corrected chi connectivity index (χ1v) is 11.3. The van der Waals surface area contributed by atoms with Gasteiger partial charge in [-0.05, 0) is 68.6 Å². The summed E-state index contributed by atoms with van der Waals surface area (Å²) in [4.78, 5) is 7.50. The van der Waals surface area contributed by atoms with E-state index in [9.17, 15) is 0 Å². The van der Waals surface area contributed by atoms with Crippen molar-refractivity contribution in [2.24, 2.45) is 5.41 Å². The van der Waals surface area contributed by atoms with Gasteiger partial charge in [0.1, 0.15) is 0 Å². The number of rotatable bonds is 1. The largest absolute Gasteiger partial charge is 0.256 e. The average Bonchev–Trinajstić information content (AvgIpc) is 2.71. The molecular weight excluding hydrogens is 382 g/mol. The van der Waals surface area contributed by atoms with Crippen molar-refractivity contribution in [1.82, 2.24) is 4.98 Å². The summed E-state index contributed by atoms with van der Waals surface area (Å²) >= 11 is 1.88. The summed E-state index contributed by atoms with van der Waals surface area (Å²) < 4.78 is 0.